The average Bonchev–Trinajstić information content (AvgIpc) is 2.56. The number of ketones is 1. The monoisotopic (exact) mass is 327 g/mol. The van der Waals surface area contributed by atoms with Gasteiger partial charge < -0.3 is 0 Å². The highest BCUT2D eigenvalue weighted by atomic mass is 35.5. The number of carbonyl (C=O) groups excluding carboxylic acids is 1. The second-order valence-corrected chi connectivity index (χ2v) is 6.82. The Morgan fingerprint density at radius 3 is 2.48 bits per heavy atom. The molecule has 1 aliphatic rings. The van der Waals surface area contributed by atoms with Crippen molar-refractivity contribution in [2.75, 3.05) is 13.1 Å². The van der Waals surface area contributed by atoms with Crippen molar-refractivity contribution in [2.45, 2.75) is 25.8 Å². The minimum Gasteiger partial charge on any atom is -0.300 e. The van der Waals surface area contributed by atoms with Gasteiger partial charge in [-0.2, -0.15) is 0 Å². The summed E-state index contributed by atoms with van der Waals surface area (Å²) in [4.78, 5) is 14.5. The fourth-order valence-electron chi connectivity index (χ4n) is 3.54. The summed E-state index contributed by atoms with van der Waals surface area (Å²) in [6.07, 6.45) is 0.926. The summed E-state index contributed by atoms with van der Waals surface area (Å²) in [5.41, 5.74) is 2.54. The van der Waals surface area contributed by atoms with Crippen LogP contribution in [0.15, 0.2) is 54.6 Å². The number of nitrogens with zero attached hydrogens (tertiary/aromatic N) is 1. The van der Waals surface area contributed by atoms with Crippen LogP contribution in [0.1, 0.15) is 30.4 Å². The van der Waals surface area contributed by atoms with Crippen LogP contribution in [0.5, 0.6) is 0 Å². The Bertz CT molecular complexity index is 653. The molecule has 2 atom stereocenters. The van der Waals surface area contributed by atoms with Crippen LogP contribution in [0.3, 0.4) is 0 Å². The molecule has 0 saturated carbocycles. The van der Waals surface area contributed by atoms with Crippen molar-refractivity contribution in [3.63, 3.8) is 0 Å². The number of rotatable bonds is 4. The first-order valence-corrected chi connectivity index (χ1v) is 8.53. The first-order valence-electron chi connectivity index (χ1n) is 8.15. The molecule has 0 bridgehead atoms. The van der Waals surface area contributed by atoms with Crippen molar-refractivity contribution in [3.05, 3.63) is 70.7 Å². The summed E-state index contributed by atoms with van der Waals surface area (Å²) in [7, 11) is 0. The lowest BCUT2D eigenvalue weighted by Gasteiger charge is -2.38. The zero-order valence-corrected chi connectivity index (χ0v) is 14.2. The SMILES string of the molecule is CC(=O)[C@@H]1CCN(Cc2ccccc2)C[C@H]1c1ccc(Cl)cc1. The summed E-state index contributed by atoms with van der Waals surface area (Å²) in [6, 6.07) is 18.5. The molecule has 0 unspecified atom stereocenters. The van der Waals surface area contributed by atoms with Crippen LogP contribution < -0.4 is 0 Å². The maximum absolute atomic E-state index is 12.1. The van der Waals surface area contributed by atoms with E-state index in [-0.39, 0.29) is 11.8 Å². The Balaban J connectivity index is 1.78. The molecule has 0 radical (unpaired) electrons. The molecule has 23 heavy (non-hydrogen) atoms. The molecule has 0 N–H and O–H groups in total. The molecule has 0 spiro atoms. The molecule has 0 aromatic heterocycles. The van der Waals surface area contributed by atoms with E-state index in [1.165, 1.54) is 11.1 Å². The quantitative estimate of drug-likeness (QED) is 0.822. The van der Waals surface area contributed by atoms with Gasteiger partial charge in [-0.05, 0) is 43.1 Å². The number of carbonyl (C=O) groups is 1. The topological polar surface area (TPSA) is 20.3 Å². The largest absolute Gasteiger partial charge is 0.300 e. The average molecular weight is 328 g/mol. The number of hydrogen-bond donors (Lipinski definition) is 0. The molecule has 1 aliphatic heterocycles. The van der Waals surface area contributed by atoms with Crippen LogP contribution in [0.4, 0.5) is 0 Å². The second kappa shape index (κ2) is 7.29. The van der Waals surface area contributed by atoms with Gasteiger partial charge >= 0.3 is 0 Å². The minimum absolute atomic E-state index is 0.114. The van der Waals surface area contributed by atoms with Crippen LogP contribution >= 0.6 is 11.6 Å². The van der Waals surface area contributed by atoms with Gasteiger partial charge in [0.2, 0.25) is 0 Å². The molecular weight excluding hydrogens is 306 g/mol. The van der Waals surface area contributed by atoms with Gasteiger partial charge in [0, 0.05) is 29.9 Å². The standard InChI is InChI=1S/C20H22ClNO/c1-15(23)19-11-12-22(13-16-5-3-2-4-6-16)14-20(19)17-7-9-18(21)10-8-17/h2-10,19-20H,11-14H2,1H3/t19-,20-/m0/s1. The van der Waals surface area contributed by atoms with Crippen LogP contribution in [-0.2, 0) is 11.3 Å². The third kappa shape index (κ3) is 4.01. The first kappa shape index (κ1) is 16.2. The van der Waals surface area contributed by atoms with E-state index in [9.17, 15) is 4.79 Å². The van der Waals surface area contributed by atoms with E-state index in [0.717, 1.165) is 31.1 Å². The Morgan fingerprint density at radius 1 is 1.13 bits per heavy atom. The lowest BCUT2D eigenvalue weighted by atomic mass is 9.78. The van der Waals surface area contributed by atoms with E-state index in [0.29, 0.717) is 5.78 Å². The third-order valence-corrected chi connectivity index (χ3v) is 5.02. The van der Waals surface area contributed by atoms with Gasteiger partial charge in [-0.3, -0.25) is 9.69 Å². The summed E-state index contributed by atoms with van der Waals surface area (Å²) >= 11 is 6.01. The Labute approximate surface area is 143 Å². The van der Waals surface area contributed by atoms with Crippen LogP contribution in [0, 0.1) is 5.92 Å². The highest BCUT2D eigenvalue weighted by molar-refractivity contribution is 6.30. The van der Waals surface area contributed by atoms with Gasteiger partial charge in [0.1, 0.15) is 5.78 Å². The Kier molecular flexibility index (Phi) is 5.14. The summed E-state index contributed by atoms with van der Waals surface area (Å²) in [5, 5.41) is 0.741. The molecular formula is C20H22ClNO. The van der Waals surface area contributed by atoms with Gasteiger partial charge in [0.05, 0.1) is 0 Å². The maximum Gasteiger partial charge on any atom is 0.133 e. The van der Waals surface area contributed by atoms with E-state index in [1.54, 1.807) is 6.92 Å². The van der Waals surface area contributed by atoms with Crippen LogP contribution in [-0.4, -0.2) is 23.8 Å². The fraction of sp³-hybridized carbons (Fsp3) is 0.350. The fourth-order valence-corrected chi connectivity index (χ4v) is 3.67. The zero-order chi connectivity index (χ0) is 16.2. The molecule has 0 amide bonds. The zero-order valence-electron chi connectivity index (χ0n) is 13.4. The molecule has 1 fully saturated rings. The number of piperidine rings is 1. The lowest BCUT2D eigenvalue weighted by molar-refractivity contribution is -0.122. The van der Waals surface area contributed by atoms with Crippen LogP contribution in [0.25, 0.3) is 0 Å². The third-order valence-electron chi connectivity index (χ3n) is 4.77. The van der Waals surface area contributed by atoms with Crippen LogP contribution in [0.2, 0.25) is 5.02 Å². The highest BCUT2D eigenvalue weighted by Crippen LogP contribution is 2.34. The van der Waals surface area contributed by atoms with Gasteiger partial charge in [-0.25, -0.2) is 0 Å². The minimum atomic E-state index is 0.114. The predicted molar refractivity (Wildman–Crippen MR) is 94.7 cm³/mol. The molecule has 1 saturated heterocycles. The number of likely N-dealkylation sites (tertiary alicyclic amines) is 1. The van der Waals surface area contributed by atoms with Gasteiger partial charge in [-0.1, -0.05) is 54.1 Å². The van der Waals surface area contributed by atoms with Crippen molar-refractivity contribution in [1.82, 2.24) is 4.90 Å². The second-order valence-electron chi connectivity index (χ2n) is 6.38. The molecule has 2 nitrogen and oxygen atoms in total. The Hall–Kier alpha value is -1.64. The van der Waals surface area contributed by atoms with Gasteiger partial charge in [-0.15, -0.1) is 0 Å². The van der Waals surface area contributed by atoms with E-state index in [2.05, 4.69) is 41.3 Å². The Morgan fingerprint density at radius 2 is 1.83 bits per heavy atom. The molecule has 3 rings (SSSR count). The molecule has 1 heterocycles. The summed E-state index contributed by atoms with van der Waals surface area (Å²) in [5.74, 6) is 0.662. The summed E-state index contributed by atoms with van der Waals surface area (Å²) in [6.45, 7) is 4.56. The molecule has 3 heteroatoms. The van der Waals surface area contributed by atoms with Gasteiger partial charge in [0.15, 0.2) is 0 Å². The van der Waals surface area contributed by atoms with E-state index >= 15 is 0 Å². The number of Topliss-reactive ketones (excluding diaryl/α,β-unsaturated/α-hetero) is 1. The van der Waals surface area contributed by atoms with Crippen molar-refractivity contribution in [3.8, 4) is 0 Å². The van der Waals surface area contributed by atoms with E-state index in [4.69, 9.17) is 11.6 Å². The van der Waals surface area contributed by atoms with Gasteiger partial charge in [0.25, 0.3) is 0 Å². The normalized spacial score (nSPS) is 22.0. The van der Waals surface area contributed by atoms with Crippen molar-refractivity contribution < 1.29 is 4.79 Å². The lowest BCUT2D eigenvalue weighted by Crippen LogP contribution is -2.41. The molecule has 120 valence electrons. The van der Waals surface area contributed by atoms with E-state index < -0.39 is 0 Å². The molecule has 0 aliphatic carbocycles. The van der Waals surface area contributed by atoms with Crippen molar-refractivity contribution >= 4 is 17.4 Å². The number of hydrogen-bond acceptors (Lipinski definition) is 2. The summed E-state index contributed by atoms with van der Waals surface area (Å²) < 4.78 is 0. The predicted octanol–water partition coefficient (Wildman–Crippen LogP) is 4.53. The van der Waals surface area contributed by atoms with E-state index in [1.807, 2.05) is 18.2 Å². The number of halogens is 1. The highest BCUT2D eigenvalue weighted by Gasteiger charge is 2.33. The van der Waals surface area contributed by atoms with Crippen molar-refractivity contribution in [2.24, 2.45) is 5.92 Å². The first-order chi connectivity index (χ1) is 11.1. The maximum atomic E-state index is 12.1. The van der Waals surface area contributed by atoms with Crippen molar-refractivity contribution in [1.29, 1.82) is 0 Å². The number of benzene rings is 2. The molecule has 2 aromatic rings. The molecule has 2 aromatic carbocycles. The smallest absolute Gasteiger partial charge is 0.133 e.